The number of rotatable bonds is 5. The number of aryl methyl sites for hydroxylation is 3. The quantitative estimate of drug-likeness (QED) is 0.302. The fraction of sp³-hybridized carbons (Fsp3) is 0.190. The van der Waals surface area contributed by atoms with Crippen molar-refractivity contribution in [3.8, 4) is 0 Å². The molecule has 5 N–H and O–H groups in total. The third-order valence-electron chi connectivity index (χ3n) is 4.24. The number of nitrogens with zero attached hydrogens (tertiary/aromatic N) is 1. The Labute approximate surface area is 168 Å². The van der Waals surface area contributed by atoms with Gasteiger partial charge in [-0.2, -0.15) is 0 Å². The van der Waals surface area contributed by atoms with E-state index in [1.54, 1.807) is 11.8 Å². The Bertz CT molecular complexity index is 1060. The van der Waals surface area contributed by atoms with Gasteiger partial charge in [-0.1, -0.05) is 23.8 Å². The third-order valence-corrected chi connectivity index (χ3v) is 5.29. The predicted molar refractivity (Wildman–Crippen MR) is 115 cm³/mol. The fourth-order valence-electron chi connectivity index (χ4n) is 2.57. The summed E-state index contributed by atoms with van der Waals surface area (Å²) in [5.41, 5.74) is 10.9. The second kappa shape index (κ2) is 8.75. The number of guanidine groups is 1. The fourth-order valence-corrected chi connectivity index (χ4v) is 3.36. The van der Waals surface area contributed by atoms with Crippen LogP contribution in [0.4, 0.5) is 11.6 Å². The lowest BCUT2D eigenvalue weighted by Crippen LogP contribution is -2.73. The molecule has 0 atom stereocenters. The molecule has 1 heterocycles. The Morgan fingerprint density at radius 1 is 1.11 bits per heavy atom. The summed E-state index contributed by atoms with van der Waals surface area (Å²) in [4.78, 5) is 23.1. The molecule has 0 fully saturated rings. The Morgan fingerprint density at radius 3 is 2.57 bits per heavy atom. The number of anilines is 1. The first-order valence-corrected chi connectivity index (χ1v) is 9.91. The number of aromatic nitrogens is 2. The first-order chi connectivity index (χ1) is 13.4. The topological polar surface area (TPSA) is 97.8 Å². The van der Waals surface area contributed by atoms with Crippen molar-refractivity contribution in [3.63, 3.8) is 0 Å². The van der Waals surface area contributed by atoms with Gasteiger partial charge in [-0.25, -0.2) is 9.98 Å². The van der Waals surface area contributed by atoms with E-state index in [0.29, 0.717) is 17.4 Å². The molecule has 0 aliphatic heterocycles. The molecule has 28 heavy (non-hydrogen) atoms. The zero-order chi connectivity index (χ0) is 20.1. The molecule has 7 heteroatoms. The first kappa shape index (κ1) is 19.7. The number of nitrogens with two attached hydrogens (primary N) is 1. The van der Waals surface area contributed by atoms with Gasteiger partial charge in [0, 0.05) is 11.0 Å². The van der Waals surface area contributed by atoms with Crippen LogP contribution in [0.5, 0.6) is 0 Å². The minimum atomic E-state index is -0.226. The summed E-state index contributed by atoms with van der Waals surface area (Å²) in [5, 5.41) is 3.08. The highest BCUT2D eigenvalue weighted by atomic mass is 32.2. The summed E-state index contributed by atoms with van der Waals surface area (Å²) >= 11 is 1.63. The van der Waals surface area contributed by atoms with Crippen LogP contribution in [0.1, 0.15) is 22.4 Å². The molecule has 3 aromatic rings. The van der Waals surface area contributed by atoms with Crippen molar-refractivity contribution in [2.24, 2.45) is 5.73 Å². The molecule has 0 unspecified atom stereocenters. The molecule has 1 aromatic heterocycles. The smallest absolute Gasteiger partial charge is 0.322 e. The van der Waals surface area contributed by atoms with Gasteiger partial charge in [-0.3, -0.25) is 10.1 Å². The number of aromatic amines is 1. The maximum atomic E-state index is 12.0. The summed E-state index contributed by atoms with van der Waals surface area (Å²) in [6.45, 7) is 6.15. The van der Waals surface area contributed by atoms with Gasteiger partial charge in [0.25, 0.3) is 11.5 Å². The van der Waals surface area contributed by atoms with Crippen LogP contribution in [-0.4, -0.2) is 15.9 Å². The van der Waals surface area contributed by atoms with Crippen LogP contribution in [0, 0.1) is 20.8 Å². The lowest BCUT2D eigenvalue weighted by atomic mass is 10.1. The molecule has 2 aromatic carbocycles. The standard InChI is InChI=1S/C21H23N5OS/c1-13-4-8-18(9-5-13)28-12-17-11-19(27)25-21(24-17)26-20(22)23-16-7-6-14(2)15(3)10-16/h4-11H,12H2,1-3H3,(H4,22,23,24,25,26,27)/p+1. The minimum absolute atomic E-state index is 0.226. The summed E-state index contributed by atoms with van der Waals surface area (Å²) in [5.74, 6) is 1.18. The van der Waals surface area contributed by atoms with Gasteiger partial charge in [-0.05, 0) is 56.2 Å². The van der Waals surface area contributed by atoms with Crippen molar-refractivity contribution < 1.29 is 4.99 Å². The van der Waals surface area contributed by atoms with Crippen LogP contribution < -0.4 is 21.6 Å². The number of nitrogens with one attached hydrogen (secondary N) is 3. The number of hydrogen-bond acceptors (Lipinski definition) is 3. The highest BCUT2D eigenvalue weighted by Gasteiger charge is 2.08. The van der Waals surface area contributed by atoms with Crippen LogP contribution in [-0.2, 0) is 5.75 Å². The molecule has 3 rings (SSSR count). The van der Waals surface area contributed by atoms with Crippen LogP contribution in [0.3, 0.4) is 0 Å². The summed E-state index contributed by atoms with van der Waals surface area (Å²) in [6, 6.07) is 15.7. The average Bonchev–Trinajstić information content (AvgIpc) is 2.64. The lowest BCUT2D eigenvalue weighted by molar-refractivity contribution is -0.365. The van der Waals surface area contributed by atoms with Gasteiger partial charge >= 0.3 is 5.95 Å². The van der Waals surface area contributed by atoms with Crippen molar-refractivity contribution in [1.82, 2.24) is 9.97 Å². The largest absolute Gasteiger partial charge is 0.325 e. The zero-order valence-corrected chi connectivity index (χ0v) is 17.0. The Kier molecular flexibility index (Phi) is 6.16. The number of hydrogen-bond donors (Lipinski definition) is 4. The Hall–Kier alpha value is -3.06. The molecular formula is C21H24N5OS+. The van der Waals surface area contributed by atoms with Crippen LogP contribution in [0.2, 0.25) is 0 Å². The third kappa shape index (κ3) is 5.47. The number of benzene rings is 2. The molecule has 144 valence electrons. The van der Waals surface area contributed by atoms with E-state index >= 15 is 0 Å². The average molecular weight is 395 g/mol. The molecule has 0 aliphatic carbocycles. The van der Waals surface area contributed by atoms with Gasteiger partial charge in [0.1, 0.15) is 5.69 Å². The van der Waals surface area contributed by atoms with E-state index in [4.69, 9.17) is 5.73 Å². The van der Waals surface area contributed by atoms with Crippen LogP contribution in [0.15, 0.2) is 58.2 Å². The molecule has 0 amide bonds. The van der Waals surface area contributed by atoms with Gasteiger partial charge in [-0.15, -0.1) is 16.7 Å². The van der Waals surface area contributed by atoms with Gasteiger partial charge in [0.2, 0.25) is 0 Å². The van der Waals surface area contributed by atoms with Gasteiger partial charge in [0.05, 0.1) is 11.4 Å². The highest BCUT2D eigenvalue weighted by Crippen LogP contribution is 2.21. The Balaban J connectivity index is 1.72. The van der Waals surface area contributed by atoms with Crippen molar-refractivity contribution in [1.29, 1.82) is 0 Å². The van der Waals surface area contributed by atoms with E-state index in [1.807, 2.05) is 25.1 Å². The normalized spacial score (nSPS) is 11.5. The lowest BCUT2D eigenvalue weighted by Gasteiger charge is -2.05. The molecule has 0 aliphatic rings. The van der Waals surface area contributed by atoms with E-state index < -0.39 is 0 Å². The molecule has 0 spiro atoms. The zero-order valence-electron chi connectivity index (χ0n) is 16.2. The summed E-state index contributed by atoms with van der Waals surface area (Å²) in [7, 11) is 0. The minimum Gasteiger partial charge on any atom is -0.322 e. The van der Waals surface area contributed by atoms with Crippen molar-refractivity contribution in [3.05, 3.63) is 81.3 Å². The van der Waals surface area contributed by atoms with E-state index in [-0.39, 0.29) is 11.5 Å². The molecule has 6 nitrogen and oxygen atoms in total. The first-order valence-electron chi connectivity index (χ1n) is 8.92. The van der Waals surface area contributed by atoms with Crippen molar-refractivity contribution in [2.45, 2.75) is 31.4 Å². The Morgan fingerprint density at radius 2 is 1.86 bits per heavy atom. The van der Waals surface area contributed by atoms with E-state index in [2.05, 4.69) is 58.4 Å². The van der Waals surface area contributed by atoms with Crippen molar-refractivity contribution >= 4 is 29.4 Å². The SMILES string of the molecule is Cc1ccc(SCc2cc(=O)[nH]c([NH+]=C(N)Nc3ccc(C)c(C)c3)n2)cc1. The maximum absolute atomic E-state index is 12.0. The molecule has 0 bridgehead atoms. The van der Waals surface area contributed by atoms with Crippen LogP contribution >= 0.6 is 11.8 Å². The van der Waals surface area contributed by atoms with Gasteiger partial charge in [0.15, 0.2) is 0 Å². The van der Waals surface area contributed by atoms with E-state index in [0.717, 1.165) is 10.6 Å². The van der Waals surface area contributed by atoms with E-state index in [9.17, 15) is 4.79 Å². The second-order valence-electron chi connectivity index (χ2n) is 6.65. The van der Waals surface area contributed by atoms with Gasteiger partial charge < -0.3 is 5.73 Å². The number of H-pyrrole nitrogens is 1. The molecule has 0 saturated heterocycles. The molecule has 0 saturated carbocycles. The van der Waals surface area contributed by atoms with E-state index in [1.165, 1.54) is 22.8 Å². The summed E-state index contributed by atoms with van der Waals surface area (Å²) in [6.07, 6.45) is 0. The molecular weight excluding hydrogens is 370 g/mol. The monoisotopic (exact) mass is 394 g/mol. The maximum Gasteiger partial charge on any atom is 0.325 e. The highest BCUT2D eigenvalue weighted by molar-refractivity contribution is 7.98. The second-order valence-corrected chi connectivity index (χ2v) is 7.70. The molecule has 0 radical (unpaired) electrons. The summed E-state index contributed by atoms with van der Waals surface area (Å²) < 4.78 is 0. The number of thioether (sulfide) groups is 1. The van der Waals surface area contributed by atoms with Crippen LogP contribution in [0.25, 0.3) is 0 Å². The predicted octanol–water partition coefficient (Wildman–Crippen LogP) is 2.13. The van der Waals surface area contributed by atoms with Crippen molar-refractivity contribution in [2.75, 3.05) is 5.32 Å².